The third-order valence-electron chi connectivity index (χ3n) is 5.89. The van der Waals surface area contributed by atoms with Crippen molar-refractivity contribution in [2.75, 3.05) is 16.6 Å². The van der Waals surface area contributed by atoms with Crippen LogP contribution in [0.3, 0.4) is 0 Å². The van der Waals surface area contributed by atoms with Gasteiger partial charge < -0.3 is 32.1 Å². The zero-order valence-corrected chi connectivity index (χ0v) is 23.1. The maximum atomic E-state index is 12.7. The fourth-order valence-electron chi connectivity index (χ4n) is 3.84. The van der Waals surface area contributed by atoms with Crippen molar-refractivity contribution in [3.05, 3.63) is 100 Å². The average Bonchev–Trinajstić information content (AvgIpc) is 2.96. The number of nitrogens with zero attached hydrogens (tertiary/aromatic N) is 3. The van der Waals surface area contributed by atoms with Gasteiger partial charge in [0.2, 0.25) is 0 Å². The van der Waals surface area contributed by atoms with Crippen LogP contribution in [0.25, 0.3) is 11.4 Å². The summed E-state index contributed by atoms with van der Waals surface area (Å²) in [5.41, 5.74) is 13.1. The molecule has 0 unspecified atom stereocenters. The number of carbonyl (C=O) groups is 4. The Bertz CT molecular complexity index is 1640. The standard InChI is InChI=1S/C28H30N8O7/c1-3-33-25(37)15-10-23(21(29)12-35(31)19-5-14(2)4-16(7-19)26(38)39)34-24(11-15)22(30)13-36(32)20-8-17(27(40)41)6-18(9-20)28(42)43/h4-13H,3,29-32H2,1-2H3,(H,33,37)(H,38,39)(H,40,41)(H,42,43)/b21-12-,22-13-. The van der Waals surface area contributed by atoms with Crippen LogP contribution in [0.5, 0.6) is 0 Å². The molecule has 3 rings (SSSR count). The van der Waals surface area contributed by atoms with Crippen LogP contribution in [-0.2, 0) is 0 Å². The summed E-state index contributed by atoms with van der Waals surface area (Å²) in [6.07, 6.45) is 2.45. The van der Waals surface area contributed by atoms with E-state index in [4.69, 9.17) is 23.2 Å². The first kappa shape index (κ1) is 31.6. The Morgan fingerprint density at radius 3 is 1.56 bits per heavy atom. The first-order valence-electron chi connectivity index (χ1n) is 12.5. The number of nitrogens with two attached hydrogens (primary N) is 4. The molecule has 0 fully saturated rings. The molecule has 1 amide bonds. The molecule has 1 aromatic heterocycles. The van der Waals surface area contributed by atoms with Crippen molar-refractivity contribution < 1.29 is 34.5 Å². The molecule has 3 aromatic rings. The Kier molecular flexibility index (Phi) is 9.67. The number of amides is 1. The number of rotatable bonds is 11. The minimum Gasteiger partial charge on any atom is -0.478 e. The predicted octanol–water partition coefficient (Wildman–Crippen LogP) is 1.51. The molecule has 0 aliphatic heterocycles. The Balaban J connectivity index is 2.07. The fraction of sp³-hybridized carbons (Fsp3) is 0.107. The lowest BCUT2D eigenvalue weighted by atomic mass is 10.1. The third-order valence-corrected chi connectivity index (χ3v) is 5.89. The highest BCUT2D eigenvalue weighted by molar-refractivity contribution is 5.96. The maximum Gasteiger partial charge on any atom is 0.335 e. The number of benzene rings is 2. The quantitative estimate of drug-likeness (QED) is 0.116. The zero-order chi connectivity index (χ0) is 32.0. The SMILES string of the molecule is CCNC(=O)c1cc(/C(N)=C/N(N)c2cc(C)cc(C(=O)O)c2)nc(/C(N)=C/N(N)c2cc(C(=O)O)cc(C(=O)O)c2)c1. The summed E-state index contributed by atoms with van der Waals surface area (Å²) >= 11 is 0. The smallest absolute Gasteiger partial charge is 0.335 e. The summed E-state index contributed by atoms with van der Waals surface area (Å²) in [6.45, 7) is 3.75. The summed E-state index contributed by atoms with van der Waals surface area (Å²) in [6, 6.07) is 10.5. The Hall–Kier alpha value is -5.93. The number of carboxylic acids is 3. The summed E-state index contributed by atoms with van der Waals surface area (Å²) in [4.78, 5) is 51.6. The molecule has 2 aromatic carbocycles. The van der Waals surface area contributed by atoms with Gasteiger partial charge in [-0.05, 0) is 67.9 Å². The number of aryl methyl sites for hydroxylation is 1. The molecule has 0 aliphatic carbocycles. The molecule has 0 saturated carbocycles. The second-order valence-electron chi connectivity index (χ2n) is 9.21. The van der Waals surface area contributed by atoms with Crippen LogP contribution in [0, 0.1) is 6.92 Å². The van der Waals surface area contributed by atoms with E-state index in [0.29, 0.717) is 17.8 Å². The Morgan fingerprint density at radius 2 is 1.14 bits per heavy atom. The zero-order valence-electron chi connectivity index (χ0n) is 23.1. The second kappa shape index (κ2) is 13.2. The van der Waals surface area contributed by atoms with Gasteiger partial charge in [-0.15, -0.1) is 0 Å². The van der Waals surface area contributed by atoms with Gasteiger partial charge in [-0.3, -0.25) is 14.8 Å². The van der Waals surface area contributed by atoms with E-state index >= 15 is 0 Å². The first-order chi connectivity index (χ1) is 20.2. The van der Waals surface area contributed by atoms with E-state index in [1.807, 2.05) is 0 Å². The van der Waals surface area contributed by atoms with E-state index in [-0.39, 0.29) is 50.7 Å². The molecule has 1 heterocycles. The lowest BCUT2D eigenvalue weighted by molar-refractivity contribution is 0.0682. The highest BCUT2D eigenvalue weighted by atomic mass is 16.4. The van der Waals surface area contributed by atoms with Gasteiger partial charge in [0.25, 0.3) is 5.91 Å². The molecule has 0 atom stereocenters. The molecule has 0 bridgehead atoms. The molecule has 224 valence electrons. The van der Waals surface area contributed by atoms with Gasteiger partial charge in [-0.25, -0.2) is 31.1 Å². The molecular weight excluding hydrogens is 560 g/mol. The number of aromatic carboxylic acids is 3. The normalized spacial score (nSPS) is 11.5. The lowest BCUT2D eigenvalue weighted by Gasteiger charge is -2.18. The number of nitrogens with one attached hydrogen (secondary N) is 1. The number of hydrogen-bond donors (Lipinski definition) is 8. The van der Waals surface area contributed by atoms with E-state index in [1.54, 1.807) is 19.9 Å². The van der Waals surface area contributed by atoms with Gasteiger partial charge in [-0.1, -0.05) is 0 Å². The number of hydrogen-bond acceptors (Lipinski definition) is 11. The van der Waals surface area contributed by atoms with Crippen LogP contribution >= 0.6 is 0 Å². The van der Waals surface area contributed by atoms with Crippen LogP contribution in [0.15, 0.2) is 60.9 Å². The number of hydrazine groups is 2. The molecule has 15 heteroatoms. The lowest BCUT2D eigenvalue weighted by Crippen LogP contribution is -2.27. The Morgan fingerprint density at radius 1 is 0.721 bits per heavy atom. The maximum absolute atomic E-state index is 12.7. The number of carboxylic acid groups (broad SMARTS) is 3. The van der Waals surface area contributed by atoms with Crippen LogP contribution < -0.4 is 38.5 Å². The van der Waals surface area contributed by atoms with E-state index < -0.39 is 23.8 Å². The number of aromatic nitrogens is 1. The van der Waals surface area contributed by atoms with E-state index in [0.717, 1.165) is 34.4 Å². The summed E-state index contributed by atoms with van der Waals surface area (Å²) in [5.74, 6) is 7.89. The first-order valence-corrected chi connectivity index (χ1v) is 12.5. The van der Waals surface area contributed by atoms with E-state index in [2.05, 4.69) is 10.3 Å². The highest BCUT2D eigenvalue weighted by Crippen LogP contribution is 2.22. The van der Waals surface area contributed by atoms with Gasteiger partial charge >= 0.3 is 17.9 Å². The van der Waals surface area contributed by atoms with Crippen molar-refractivity contribution in [2.45, 2.75) is 13.8 Å². The van der Waals surface area contributed by atoms with Gasteiger partial charge in [-0.2, -0.15) is 0 Å². The molecule has 43 heavy (non-hydrogen) atoms. The van der Waals surface area contributed by atoms with E-state index in [1.165, 1.54) is 30.5 Å². The molecule has 0 radical (unpaired) electrons. The van der Waals surface area contributed by atoms with Gasteiger partial charge in [0.05, 0.1) is 50.8 Å². The fourth-order valence-corrected chi connectivity index (χ4v) is 3.84. The largest absolute Gasteiger partial charge is 0.478 e. The van der Waals surface area contributed by atoms with Crippen molar-refractivity contribution in [3.63, 3.8) is 0 Å². The van der Waals surface area contributed by atoms with Crippen LogP contribution in [0.2, 0.25) is 0 Å². The second-order valence-corrected chi connectivity index (χ2v) is 9.21. The minimum absolute atomic E-state index is 0.00239. The number of anilines is 2. The summed E-state index contributed by atoms with van der Waals surface area (Å²) in [5, 5.41) is 32.8. The monoisotopic (exact) mass is 590 g/mol. The van der Waals surface area contributed by atoms with Crippen molar-refractivity contribution >= 4 is 46.6 Å². The third kappa shape index (κ3) is 7.84. The van der Waals surface area contributed by atoms with Crippen molar-refractivity contribution in [3.8, 4) is 0 Å². The van der Waals surface area contributed by atoms with Gasteiger partial charge in [0.15, 0.2) is 0 Å². The predicted molar refractivity (Wildman–Crippen MR) is 158 cm³/mol. The van der Waals surface area contributed by atoms with Crippen molar-refractivity contribution in [1.29, 1.82) is 0 Å². The van der Waals surface area contributed by atoms with Crippen molar-refractivity contribution in [2.24, 2.45) is 23.2 Å². The van der Waals surface area contributed by atoms with Crippen LogP contribution in [0.1, 0.15) is 65.3 Å². The summed E-state index contributed by atoms with van der Waals surface area (Å²) in [7, 11) is 0. The van der Waals surface area contributed by atoms with Gasteiger partial charge in [0.1, 0.15) is 0 Å². The highest BCUT2D eigenvalue weighted by Gasteiger charge is 2.17. The molecule has 15 nitrogen and oxygen atoms in total. The number of carbonyl (C=O) groups excluding carboxylic acids is 1. The molecule has 0 aliphatic rings. The van der Waals surface area contributed by atoms with Crippen molar-refractivity contribution in [1.82, 2.24) is 10.3 Å². The number of pyridine rings is 1. The molecule has 12 N–H and O–H groups in total. The molecule has 0 spiro atoms. The molecule has 0 saturated heterocycles. The van der Waals surface area contributed by atoms with Crippen LogP contribution in [-0.4, -0.2) is 50.7 Å². The Labute approximate surface area is 245 Å². The van der Waals surface area contributed by atoms with Gasteiger partial charge in [0, 0.05) is 24.5 Å². The molecular formula is C28H30N8O7. The average molecular weight is 591 g/mol. The summed E-state index contributed by atoms with van der Waals surface area (Å²) < 4.78 is 0. The topological polar surface area (TPSA) is 264 Å². The van der Waals surface area contributed by atoms with Crippen LogP contribution in [0.4, 0.5) is 11.4 Å². The van der Waals surface area contributed by atoms with E-state index in [9.17, 15) is 34.5 Å². The minimum atomic E-state index is -1.36.